The second-order valence-corrected chi connectivity index (χ2v) is 7.45. The van der Waals surface area contributed by atoms with Crippen molar-refractivity contribution < 1.29 is 18.6 Å². The lowest BCUT2D eigenvalue weighted by Gasteiger charge is -2.48. The zero-order valence-electron chi connectivity index (χ0n) is 13.3. The van der Waals surface area contributed by atoms with Crippen molar-refractivity contribution in [3.8, 4) is 0 Å². The van der Waals surface area contributed by atoms with Crippen LogP contribution in [0.2, 0.25) is 0 Å². The van der Waals surface area contributed by atoms with Crippen LogP contribution in [0.25, 0.3) is 0 Å². The highest BCUT2D eigenvalue weighted by Gasteiger charge is 2.29. The van der Waals surface area contributed by atoms with Crippen LogP contribution in [0.3, 0.4) is 0 Å². The lowest BCUT2D eigenvalue weighted by molar-refractivity contribution is 0.0601. The van der Waals surface area contributed by atoms with Gasteiger partial charge in [0.05, 0.1) is 24.1 Å². The molecule has 0 amide bonds. The van der Waals surface area contributed by atoms with Gasteiger partial charge in [0.2, 0.25) is 0 Å². The van der Waals surface area contributed by atoms with Gasteiger partial charge < -0.3 is 10.1 Å². The minimum atomic E-state index is -2.83. The molecular formula is C15H24N2O4S. The van der Waals surface area contributed by atoms with Gasteiger partial charge in [-0.3, -0.25) is 13.4 Å². The average molecular weight is 328 g/mol. The van der Waals surface area contributed by atoms with Crippen LogP contribution in [0.4, 0.5) is 11.4 Å². The van der Waals surface area contributed by atoms with Crippen LogP contribution in [0.1, 0.15) is 35.7 Å². The summed E-state index contributed by atoms with van der Waals surface area (Å²) < 4.78 is 27.1. The number of rotatable bonds is 4. The predicted molar refractivity (Wildman–Crippen MR) is 91.0 cm³/mol. The quantitative estimate of drug-likeness (QED) is 0.734. The first-order valence-corrected chi connectivity index (χ1v) is 9.08. The van der Waals surface area contributed by atoms with E-state index in [4.69, 9.17) is 4.74 Å². The fourth-order valence-electron chi connectivity index (χ4n) is 2.65. The molecule has 1 aromatic rings. The van der Waals surface area contributed by atoms with Gasteiger partial charge in [0.25, 0.3) is 0 Å². The van der Waals surface area contributed by atoms with Crippen LogP contribution in [0.15, 0.2) is 12.1 Å². The van der Waals surface area contributed by atoms with Crippen molar-refractivity contribution in [3.63, 3.8) is 0 Å². The number of methoxy groups -OCH3 is 1. The van der Waals surface area contributed by atoms with Gasteiger partial charge in [0.1, 0.15) is 0 Å². The van der Waals surface area contributed by atoms with E-state index in [9.17, 15) is 13.9 Å². The monoisotopic (exact) mass is 328 g/mol. The zero-order chi connectivity index (χ0) is 16.3. The molecule has 1 aliphatic rings. The first-order chi connectivity index (χ1) is 10.4. The van der Waals surface area contributed by atoms with Crippen LogP contribution < -0.4 is 9.62 Å². The third-order valence-electron chi connectivity index (χ3n) is 3.82. The van der Waals surface area contributed by atoms with E-state index in [-0.39, 0.29) is 0 Å². The summed E-state index contributed by atoms with van der Waals surface area (Å²) in [6.45, 7) is 5.16. The topological polar surface area (TPSA) is 82.0 Å². The van der Waals surface area contributed by atoms with Crippen LogP contribution in [-0.4, -0.2) is 41.0 Å². The number of carbonyl (C=O) groups excluding carboxylic acids is 1. The number of ether oxygens (including phenoxy) is 1. The molecule has 124 valence electrons. The van der Waals surface area contributed by atoms with Gasteiger partial charge in [0, 0.05) is 18.8 Å². The number of hydrogen-bond acceptors (Lipinski definition) is 6. The van der Waals surface area contributed by atoms with Gasteiger partial charge in [0.15, 0.2) is 0 Å². The molecule has 0 bridgehead atoms. The normalized spacial score (nSPS) is 18.7. The van der Waals surface area contributed by atoms with E-state index >= 15 is 0 Å². The second-order valence-electron chi connectivity index (χ2n) is 5.34. The third-order valence-corrected chi connectivity index (χ3v) is 5.74. The molecule has 0 aliphatic carbocycles. The summed E-state index contributed by atoms with van der Waals surface area (Å²) in [6.07, 6.45) is 1.70. The van der Waals surface area contributed by atoms with Crippen molar-refractivity contribution in [1.29, 1.82) is 0 Å². The van der Waals surface area contributed by atoms with Crippen LogP contribution in [-0.2, 0) is 4.74 Å². The molecule has 1 fully saturated rings. The van der Waals surface area contributed by atoms with Gasteiger partial charge in [-0.2, -0.15) is 0 Å². The SMILES string of the molecule is CCNc1cc(C(=O)OC)cc(N2CCCCS2(O)O)c1C. The van der Waals surface area contributed by atoms with E-state index in [2.05, 4.69) is 5.32 Å². The predicted octanol–water partition coefficient (Wildman–Crippen LogP) is 3.48. The summed E-state index contributed by atoms with van der Waals surface area (Å²) in [6, 6.07) is 3.42. The van der Waals surface area contributed by atoms with Gasteiger partial charge in [-0.05, 0) is 44.4 Å². The molecule has 2 rings (SSSR count). The Labute approximate surface area is 132 Å². The minimum Gasteiger partial charge on any atom is -0.465 e. The Morgan fingerprint density at radius 3 is 2.73 bits per heavy atom. The fourth-order valence-corrected chi connectivity index (χ4v) is 4.39. The zero-order valence-corrected chi connectivity index (χ0v) is 14.1. The lowest BCUT2D eigenvalue weighted by atomic mass is 10.1. The van der Waals surface area contributed by atoms with Crippen LogP contribution >= 0.6 is 10.8 Å². The maximum absolute atomic E-state index is 11.9. The molecule has 0 spiro atoms. The summed E-state index contributed by atoms with van der Waals surface area (Å²) in [5.41, 5.74) is 2.79. The van der Waals surface area contributed by atoms with E-state index < -0.39 is 16.7 Å². The molecule has 0 unspecified atom stereocenters. The maximum Gasteiger partial charge on any atom is 0.337 e. The van der Waals surface area contributed by atoms with E-state index in [1.165, 1.54) is 7.11 Å². The molecule has 3 N–H and O–H groups in total. The van der Waals surface area contributed by atoms with E-state index in [1.54, 1.807) is 16.4 Å². The number of anilines is 2. The highest BCUT2D eigenvalue weighted by Crippen LogP contribution is 2.51. The van der Waals surface area contributed by atoms with E-state index in [1.807, 2.05) is 13.8 Å². The Bertz CT molecular complexity index is 563. The number of benzene rings is 1. The molecule has 1 heterocycles. The molecule has 0 saturated carbocycles. The summed E-state index contributed by atoms with van der Waals surface area (Å²) in [7, 11) is -1.49. The number of nitrogens with zero attached hydrogens (tertiary/aromatic N) is 1. The summed E-state index contributed by atoms with van der Waals surface area (Å²) in [5, 5.41) is 3.21. The highest BCUT2D eigenvalue weighted by molar-refractivity contribution is 8.25. The fraction of sp³-hybridized carbons (Fsp3) is 0.533. The van der Waals surface area contributed by atoms with Crippen LogP contribution in [0, 0.1) is 6.92 Å². The van der Waals surface area contributed by atoms with Crippen molar-refractivity contribution in [2.45, 2.75) is 26.7 Å². The first-order valence-electron chi connectivity index (χ1n) is 7.41. The Morgan fingerprint density at radius 1 is 1.41 bits per heavy atom. The van der Waals surface area contributed by atoms with Gasteiger partial charge >= 0.3 is 5.97 Å². The molecular weight excluding hydrogens is 304 g/mol. The number of carbonyl (C=O) groups is 1. The average Bonchev–Trinajstić information content (AvgIpc) is 2.49. The highest BCUT2D eigenvalue weighted by atomic mass is 32.3. The summed E-state index contributed by atoms with van der Waals surface area (Å²) in [4.78, 5) is 11.9. The standard InChI is InChI=1S/C15H24N2O4S/c1-4-16-13-9-12(15(18)21-3)10-14(11(13)2)17-7-5-6-8-22(17,19)20/h9-10,16,19-20H,4-8H2,1-3H3. The first kappa shape index (κ1) is 16.9. The molecule has 22 heavy (non-hydrogen) atoms. The Hall–Kier alpha value is -1.44. The second kappa shape index (κ2) is 6.76. The molecule has 0 aromatic heterocycles. The van der Waals surface area contributed by atoms with Gasteiger partial charge in [-0.1, -0.05) is 0 Å². The van der Waals surface area contributed by atoms with E-state index in [0.29, 0.717) is 30.1 Å². The molecule has 1 aliphatic heterocycles. The van der Waals surface area contributed by atoms with Crippen molar-refractivity contribution in [1.82, 2.24) is 0 Å². The summed E-state index contributed by atoms with van der Waals surface area (Å²) >= 11 is 0. The molecule has 1 saturated heterocycles. The Kier molecular flexibility index (Phi) is 5.20. The molecule has 7 heteroatoms. The Balaban J connectivity index is 2.52. The Morgan fingerprint density at radius 2 is 2.14 bits per heavy atom. The lowest BCUT2D eigenvalue weighted by Crippen LogP contribution is -2.35. The van der Waals surface area contributed by atoms with Crippen LogP contribution in [0.5, 0.6) is 0 Å². The maximum atomic E-state index is 11.9. The number of nitrogens with one attached hydrogen (secondary N) is 1. The largest absolute Gasteiger partial charge is 0.465 e. The number of hydrogen-bond donors (Lipinski definition) is 3. The number of esters is 1. The van der Waals surface area contributed by atoms with Gasteiger partial charge in [-0.25, -0.2) is 4.79 Å². The summed E-state index contributed by atoms with van der Waals surface area (Å²) in [5.74, 6) is -0.0697. The van der Waals surface area contributed by atoms with Gasteiger partial charge in [-0.15, -0.1) is 10.8 Å². The van der Waals surface area contributed by atoms with Crippen molar-refractivity contribution in [3.05, 3.63) is 23.3 Å². The molecule has 0 atom stereocenters. The van der Waals surface area contributed by atoms with E-state index in [0.717, 1.165) is 24.1 Å². The third kappa shape index (κ3) is 3.31. The van der Waals surface area contributed by atoms with Crippen molar-refractivity contribution >= 4 is 28.1 Å². The smallest absolute Gasteiger partial charge is 0.337 e. The molecule has 1 aromatic carbocycles. The van der Waals surface area contributed by atoms with Crippen molar-refractivity contribution in [2.75, 3.05) is 35.6 Å². The molecule has 0 radical (unpaired) electrons. The molecule has 6 nitrogen and oxygen atoms in total. The van der Waals surface area contributed by atoms with Crippen molar-refractivity contribution in [2.24, 2.45) is 0 Å². The minimum absolute atomic E-state index is 0.366.